The minimum atomic E-state index is -1.12. The van der Waals surface area contributed by atoms with E-state index in [-0.39, 0.29) is 5.91 Å². The van der Waals surface area contributed by atoms with Crippen LogP contribution in [0.3, 0.4) is 0 Å². The molecule has 0 aromatic carbocycles. The standard InChI is InChI=1S/C13H16N2O3/c1-2-9-15(12(16)3-4-13(17)18)10-11-5-7-14-8-6-11/h3-8H,2,9-10H2,1H3,(H,17,18)/b4-3+. The van der Waals surface area contributed by atoms with Crippen LogP contribution >= 0.6 is 0 Å². The van der Waals surface area contributed by atoms with Gasteiger partial charge in [0.15, 0.2) is 0 Å². The van der Waals surface area contributed by atoms with E-state index in [9.17, 15) is 9.59 Å². The molecule has 1 aromatic rings. The van der Waals surface area contributed by atoms with Gasteiger partial charge in [0.05, 0.1) is 0 Å². The summed E-state index contributed by atoms with van der Waals surface area (Å²) < 4.78 is 0. The van der Waals surface area contributed by atoms with Crippen molar-refractivity contribution in [1.82, 2.24) is 9.88 Å². The lowest BCUT2D eigenvalue weighted by Crippen LogP contribution is -2.29. The van der Waals surface area contributed by atoms with Gasteiger partial charge in [-0.25, -0.2) is 4.79 Å². The molecule has 1 N–H and O–H groups in total. The van der Waals surface area contributed by atoms with Gasteiger partial charge in [-0.1, -0.05) is 6.92 Å². The molecule has 18 heavy (non-hydrogen) atoms. The number of amides is 1. The first-order chi connectivity index (χ1) is 8.63. The van der Waals surface area contributed by atoms with Crippen LogP contribution in [0.1, 0.15) is 18.9 Å². The molecule has 0 radical (unpaired) electrons. The summed E-state index contributed by atoms with van der Waals surface area (Å²) in [5.41, 5.74) is 0.968. The van der Waals surface area contributed by atoms with Gasteiger partial charge in [-0.05, 0) is 24.1 Å². The number of pyridine rings is 1. The van der Waals surface area contributed by atoms with Crippen LogP contribution in [0.25, 0.3) is 0 Å². The summed E-state index contributed by atoms with van der Waals surface area (Å²) in [6.07, 6.45) is 6.09. The van der Waals surface area contributed by atoms with Crippen molar-refractivity contribution in [3.05, 3.63) is 42.2 Å². The highest BCUT2D eigenvalue weighted by molar-refractivity contribution is 5.93. The van der Waals surface area contributed by atoms with Crippen molar-refractivity contribution in [1.29, 1.82) is 0 Å². The van der Waals surface area contributed by atoms with Crippen LogP contribution in [0.5, 0.6) is 0 Å². The van der Waals surface area contributed by atoms with Crippen LogP contribution in [0.2, 0.25) is 0 Å². The molecule has 0 saturated heterocycles. The molecule has 0 atom stereocenters. The highest BCUT2D eigenvalue weighted by Crippen LogP contribution is 2.05. The normalized spacial score (nSPS) is 10.5. The lowest BCUT2D eigenvalue weighted by Gasteiger charge is -2.20. The zero-order valence-electron chi connectivity index (χ0n) is 10.2. The summed E-state index contributed by atoms with van der Waals surface area (Å²) in [5, 5.41) is 8.50. The minimum absolute atomic E-state index is 0.295. The fraction of sp³-hybridized carbons (Fsp3) is 0.308. The molecule has 0 aliphatic rings. The Hall–Kier alpha value is -2.17. The number of aromatic nitrogens is 1. The van der Waals surface area contributed by atoms with Crippen molar-refractivity contribution < 1.29 is 14.7 Å². The molecule has 1 heterocycles. The highest BCUT2D eigenvalue weighted by atomic mass is 16.4. The van der Waals surface area contributed by atoms with Crippen LogP contribution in [-0.4, -0.2) is 33.4 Å². The van der Waals surface area contributed by atoms with Crippen molar-refractivity contribution >= 4 is 11.9 Å². The van der Waals surface area contributed by atoms with E-state index < -0.39 is 5.97 Å². The van der Waals surface area contributed by atoms with Gasteiger partial charge in [0, 0.05) is 37.6 Å². The second-order valence-electron chi connectivity index (χ2n) is 3.79. The van der Waals surface area contributed by atoms with E-state index in [0.29, 0.717) is 13.1 Å². The van der Waals surface area contributed by atoms with Gasteiger partial charge in [-0.15, -0.1) is 0 Å². The second kappa shape index (κ2) is 7.21. The van der Waals surface area contributed by atoms with Crippen LogP contribution in [0, 0.1) is 0 Å². The van der Waals surface area contributed by atoms with E-state index in [2.05, 4.69) is 4.98 Å². The Labute approximate surface area is 106 Å². The molecule has 0 aliphatic heterocycles. The highest BCUT2D eigenvalue weighted by Gasteiger charge is 2.10. The number of nitrogens with zero attached hydrogens (tertiary/aromatic N) is 2. The van der Waals surface area contributed by atoms with E-state index in [1.165, 1.54) is 0 Å². The third kappa shape index (κ3) is 4.78. The van der Waals surface area contributed by atoms with Crippen molar-refractivity contribution in [3.8, 4) is 0 Å². The molecule has 0 fully saturated rings. The topological polar surface area (TPSA) is 70.5 Å². The van der Waals surface area contributed by atoms with Crippen molar-refractivity contribution in [2.75, 3.05) is 6.54 Å². The van der Waals surface area contributed by atoms with Gasteiger partial charge < -0.3 is 10.0 Å². The van der Waals surface area contributed by atoms with Crippen LogP contribution < -0.4 is 0 Å². The number of carboxylic acids is 1. The molecule has 0 unspecified atom stereocenters. The fourth-order valence-electron chi connectivity index (χ4n) is 1.49. The monoisotopic (exact) mass is 248 g/mol. The maximum atomic E-state index is 11.8. The molecule has 96 valence electrons. The van der Waals surface area contributed by atoms with E-state index in [1.807, 2.05) is 19.1 Å². The summed E-state index contributed by atoms with van der Waals surface area (Å²) in [6.45, 7) is 3.01. The number of aliphatic carboxylic acids is 1. The van der Waals surface area contributed by atoms with E-state index in [0.717, 1.165) is 24.1 Å². The molecule has 5 nitrogen and oxygen atoms in total. The van der Waals surface area contributed by atoms with Gasteiger partial charge in [0.25, 0.3) is 0 Å². The number of rotatable bonds is 6. The second-order valence-corrected chi connectivity index (χ2v) is 3.79. The van der Waals surface area contributed by atoms with Crippen molar-refractivity contribution in [2.24, 2.45) is 0 Å². The van der Waals surface area contributed by atoms with E-state index in [4.69, 9.17) is 5.11 Å². The third-order valence-corrected chi connectivity index (χ3v) is 2.30. The predicted octanol–water partition coefficient (Wildman–Crippen LogP) is 1.46. The number of carbonyl (C=O) groups is 2. The number of carboxylic acid groups (broad SMARTS) is 1. The minimum Gasteiger partial charge on any atom is -0.478 e. The SMILES string of the molecule is CCCN(Cc1ccncc1)C(=O)/C=C/C(=O)O. The maximum absolute atomic E-state index is 11.8. The van der Waals surface area contributed by atoms with Crippen LogP contribution in [-0.2, 0) is 16.1 Å². The Kier molecular flexibility index (Phi) is 5.57. The Morgan fingerprint density at radius 1 is 1.33 bits per heavy atom. The molecular formula is C13H16N2O3. The third-order valence-electron chi connectivity index (χ3n) is 2.30. The molecular weight excluding hydrogens is 232 g/mol. The molecule has 0 aliphatic carbocycles. The first-order valence-electron chi connectivity index (χ1n) is 5.72. The quantitative estimate of drug-likeness (QED) is 0.774. The van der Waals surface area contributed by atoms with Gasteiger partial charge in [0.2, 0.25) is 5.91 Å². The first kappa shape index (κ1) is 13.9. The molecule has 1 amide bonds. The molecule has 5 heteroatoms. The summed E-state index contributed by atoms with van der Waals surface area (Å²) in [4.78, 5) is 27.7. The predicted molar refractivity (Wildman–Crippen MR) is 66.7 cm³/mol. The zero-order valence-corrected chi connectivity index (χ0v) is 10.2. The fourth-order valence-corrected chi connectivity index (χ4v) is 1.49. The average molecular weight is 248 g/mol. The number of hydrogen-bond acceptors (Lipinski definition) is 3. The Bertz CT molecular complexity index is 429. The summed E-state index contributed by atoms with van der Waals surface area (Å²) in [7, 11) is 0. The van der Waals surface area contributed by atoms with Gasteiger partial charge in [-0.3, -0.25) is 9.78 Å². The molecule has 0 bridgehead atoms. The van der Waals surface area contributed by atoms with Crippen LogP contribution in [0.15, 0.2) is 36.7 Å². The Morgan fingerprint density at radius 2 is 2.00 bits per heavy atom. The Balaban J connectivity index is 2.70. The lowest BCUT2D eigenvalue weighted by atomic mass is 10.2. The average Bonchev–Trinajstić information content (AvgIpc) is 2.36. The van der Waals surface area contributed by atoms with Gasteiger partial charge in [0.1, 0.15) is 0 Å². The van der Waals surface area contributed by atoms with Gasteiger partial charge >= 0.3 is 5.97 Å². The molecule has 0 saturated carbocycles. The van der Waals surface area contributed by atoms with Crippen molar-refractivity contribution in [2.45, 2.75) is 19.9 Å². The zero-order chi connectivity index (χ0) is 13.4. The van der Waals surface area contributed by atoms with E-state index in [1.54, 1.807) is 17.3 Å². The van der Waals surface area contributed by atoms with E-state index >= 15 is 0 Å². The Morgan fingerprint density at radius 3 is 2.56 bits per heavy atom. The molecule has 1 aromatic heterocycles. The van der Waals surface area contributed by atoms with Crippen molar-refractivity contribution in [3.63, 3.8) is 0 Å². The number of carbonyl (C=O) groups excluding carboxylic acids is 1. The van der Waals surface area contributed by atoms with Gasteiger partial charge in [-0.2, -0.15) is 0 Å². The molecule has 1 rings (SSSR count). The molecule has 0 spiro atoms. The first-order valence-corrected chi connectivity index (χ1v) is 5.72. The summed E-state index contributed by atoms with van der Waals surface area (Å²) >= 11 is 0. The largest absolute Gasteiger partial charge is 0.478 e. The summed E-state index contributed by atoms with van der Waals surface area (Å²) in [6, 6.07) is 3.66. The van der Waals surface area contributed by atoms with Crippen LogP contribution in [0.4, 0.5) is 0 Å². The number of hydrogen-bond donors (Lipinski definition) is 1. The smallest absolute Gasteiger partial charge is 0.328 e. The lowest BCUT2D eigenvalue weighted by molar-refractivity contribution is -0.132. The summed E-state index contributed by atoms with van der Waals surface area (Å²) in [5.74, 6) is -1.42. The maximum Gasteiger partial charge on any atom is 0.328 e.